The summed E-state index contributed by atoms with van der Waals surface area (Å²) < 4.78 is 0. The molecular formula is C15H13N3OS3. The molecule has 0 spiro atoms. The van der Waals surface area contributed by atoms with Crippen LogP contribution in [-0.2, 0) is 4.79 Å². The average molecular weight is 347 g/mol. The summed E-state index contributed by atoms with van der Waals surface area (Å²) in [5.41, 5.74) is 2.27. The van der Waals surface area contributed by atoms with Crippen LogP contribution < -0.4 is 5.32 Å². The van der Waals surface area contributed by atoms with Crippen LogP contribution in [0.25, 0.3) is 11.3 Å². The second kappa shape index (κ2) is 7.18. The van der Waals surface area contributed by atoms with Crippen LogP contribution in [0, 0.1) is 11.3 Å². The molecule has 0 unspecified atom stereocenters. The van der Waals surface area contributed by atoms with E-state index in [9.17, 15) is 4.79 Å². The highest BCUT2D eigenvalue weighted by Gasteiger charge is 2.23. The molecule has 1 aliphatic heterocycles. The number of hydrogen-bond acceptors (Lipinski definition) is 6. The molecule has 1 saturated heterocycles. The van der Waals surface area contributed by atoms with Gasteiger partial charge in [0, 0.05) is 28.2 Å². The molecule has 0 saturated carbocycles. The largest absolute Gasteiger partial charge is 0.301 e. The topological polar surface area (TPSA) is 65.8 Å². The van der Waals surface area contributed by atoms with Crippen LogP contribution in [0.2, 0.25) is 0 Å². The maximum atomic E-state index is 12.2. The van der Waals surface area contributed by atoms with E-state index in [1.807, 2.05) is 29.3 Å². The number of amides is 1. The average Bonchev–Trinajstić information content (AvgIpc) is 3.04. The smallest absolute Gasteiger partial charge is 0.240 e. The predicted octanol–water partition coefficient (Wildman–Crippen LogP) is 3.47. The van der Waals surface area contributed by atoms with Crippen LogP contribution in [0.5, 0.6) is 0 Å². The van der Waals surface area contributed by atoms with Crippen molar-refractivity contribution in [1.82, 2.24) is 4.98 Å². The van der Waals surface area contributed by atoms with E-state index < -0.39 is 0 Å². The van der Waals surface area contributed by atoms with Gasteiger partial charge in [0.25, 0.3) is 0 Å². The summed E-state index contributed by atoms with van der Waals surface area (Å²) in [6.45, 7) is 0. The number of thiazole rings is 1. The zero-order chi connectivity index (χ0) is 15.4. The number of hydrogen-bond donors (Lipinski definition) is 1. The zero-order valence-electron chi connectivity index (χ0n) is 11.6. The third-order valence-corrected chi connectivity index (χ3v) is 6.64. The monoisotopic (exact) mass is 347 g/mol. The Bertz CT molecular complexity index is 717. The Morgan fingerprint density at radius 2 is 2.32 bits per heavy atom. The lowest BCUT2D eigenvalue weighted by Crippen LogP contribution is -2.30. The molecule has 1 fully saturated rings. The molecule has 1 N–H and O–H groups in total. The van der Waals surface area contributed by atoms with E-state index in [1.165, 1.54) is 11.3 Å². The molecule has 3 rings (SSSR count). The SMILES string of the molecule is N#Cc1cccc(-c2csc(NC(=O)[C@@H]3CSCCS3)n2)c1. The van der Waals surface area contributed by atoms with Gasteiger partial charge < -0.3 is 5.32 Å². The number of aromatic nitrogens is 1. The maximum absolute atomic E-state index is 12.2. The first kappa shape index (κ1) is 15.4. The van der Waals surface area contributed by atoms with Gasteiger partial charge in [-0.3, -0.25) is 4.79 Å². The van der Waals surface area contributed by atoms with Crippen LogP contribution in [0.4, 0.5) is 5.13 Å². The van der Waals surface area contributed by atoms with E-state index in [2.05, 4.69) is 16.4 Å². The molecular weight excluding hydrogens is 334 g/mol. The van der Waals surface area contributed by atoms with Crippen molar-refractivity contribution in [2.45, 2.75) is 5.25 Å². The number of carbonyl (C=O) groups is 1. The Labute approximate surface area is 141 Å². The quantitative estimate of drug-likeness (QED) is 0.921. The fourth-order valence-corrected chi connectivity index (χ4v) is 5.32. The van der Waals surface area contributed by atoms with Crippen LogP contribution in [-0.4, -0.2) is 33.4 Å². The Hall–Kier alpha value is -1.49. The van der Waals surface area contributed by atoms with Crippen molar-refractivity contribution < 1.29 is 4.79 Å². The van der Waals surface area contributed by atoms with E-state index in [0.29, 0.717) is 10.7 Å². The Kier molecular flexibility index (Phi) is 5.03. The molecule has 0 aliphatic carbocycles. The molecule has 1 aliphatic rings. The predicted molar refractivity (Wildman–Crippen MR) is 94.5 cm³/mol. The van der Waals surface area contributed by atoms with Crippen molar-refractivity contribution in [3.63, 3.8) is 0 Å². The standard InChI is InChI=1S/C15H13N3OS3/c16-7-10-2-1-3-11(6-10)12-8-22-15(17-12)18-14(19)13-9-20-4-5-21-13/h1-3,6,8,13H,4-5,9H2,(H,17,18,19)/t13-/m0/s1. The number of rotatable bonds is 3. The molecule has 0 radical (unpaired) electrons. The number of thioether (sulfide) groups is 2. The van der Waals surface area contributed by atoms with Crippen molar-refractivity contribution in [2.75, 3.05) is 22.6 Å². The van der Waals surface area contributed by atoms with Crippen molar-refractivity contribution >= 4 is 45.9 Å². The minimum absolute atomic E-state index is 0.00742. The highest BCUT2D eigenvalue weighted by atomic mass is 32.2. The molecule has 1 atom stereocenters. The Morgan fingerprint density at radius 3 is 3.09 bits per heavy atom. The Balaban J connectivity index is 1.70. The van der Waals surface area contributed by atoms with Crippen LogP contribution in [0.1, 0.15) is 5.56 Å². The minimum Gasteiger partial charge on any atom is -0.301 e. The number of nitrogens with zero attached hydrogens (tertiary/aromatic N) is 2. The fourth-order valence-electron chi connectivity index (χ4n) is 2.04. The van der Waals surface area contributed by atoms with Crippen LogP contribution in [0.15, 0.2) is 29.6 Å². The highest BCUT2D eigenvalue weighted by molar-refractivity contribution is 8.07. The number of benzene rings is 1. The lowest BCUT2D eigenvalue weighted by molar-refractivity contribution is -0.115. The number of nitrogens with one attached hydrogen (secondary N) is 1. The molecule has 0 bridgehead atoms. The van der Waals surface area contributed by atoms with E-state index >= 15 is 0 Å². The van der Waals surface area contributed by atoms with Gasteiger partial charge in [-0.15, -0.1) is 23.1 Å². The first-order valence-electron chi connectivity index (χ1n) is 6.72. The highest BCUT2D eigenvalue weighted by Crippen LogP contribution is 2.28. The molecule has 112 valence electrons. The summed E-state index contributed by atoms with van der Waals surface area (Å²) in [4.78, 5) is 16.6. The molecule has 2 heterocycles. The normalized spacial score (nSPS) is 17.7. The van der Waals surface area contributed by atoms with Crippen molar-refractivity contribution in [2.24, 2.45) is 0 Å². The first-order valence-corrected chi connectivity index (χ1v) is 9.81. The van der Waals surface area contributed by atoms with E-state index in [1.54, 1.807) is 23.9 Å². The summed E-state index contributed by atoms with van der Waals surface area (Å²) in [6.07, 6.45) is 0. The fraction of sp³-hybridized carbons (Fsp3) is 0.267. The summed E-state index contributed by atoms with van der Waals surface area (Å²) in [5, 5.41) is 14.4. The maximum Gasteiger partial charge on any atom is 0.240 e. The zero-order valence-corrected chi connectivity index (χ0v) is 14.1. The minimum atomic E-state index is 0.00742. The van der Waals surface area contributed by atoms with Gasteiger partial charge >= 0.3 is 0 Å². The van der Waals surface area contributed by atoms with Gasteiger partial charge in [0.15, 0.2) is 5.13 Å². The van der Waals surface area contributed by atoms with Gasteiger partial charge in [0.05, 0.1) is 22.6 Å². The Morgan fingerprint density at radius 1 is 1.41 bits per heavy atom. The van der Waals surface area contributed by atoms with E-state index in [-0.39, 0.29) is 11.2 Å². The van der Waals surface area contributed by atoms with Gasteiger partial charge in [-0.05, 0) is 12.1 Å². The summed E-state index contributed by atoms with van der Waals surface area (Å²) >= 11 is 4.93. The number of nitriles is 1. The van der Waals surface area contributed by atoms with Crippen molar-refractivity contribution in [1.29, 1.82) is 5.26 Å². The van der Waals surface area contributed by atoms with Gasteiger partial charge in [-0.1, -0.05) is 12.1 Å². The third kappa shape index (κ3) is 3.64. The van der Waals surface area contributed by atoms with Crippen molar-refractivity contribution in [3.8, 4) is 17.3 Å². The lowest BCUT2D eigenvalue weighted by Gasteiger charge is -2.19. The first-order chi connectivity index (χ1) is 10.8. The molecule has 1 aromatic heterocycles. The number of carbonyl (C=O) groups excluding carboxylic acids is 1. The lowest BCUT2D eigenvalue weighted by atomic mass is 10.1. The molecule has 4 nitrogen and oxygen atoms in total. The van der Waals surface area contributed by atoms with Gasteiger partial charge in [0.2, 0.25) is 5.91 Å². The molecule has 1 amide bonds. The van der Waals surface area contributed by atoms with Gasteiger partial charge in [0.1, 0.15) is 0 Å². The van der Waals surface area contributed by atoms with Gasteiger partial charge in [-0.25, -0.2) is 4.98 Å². The summed E-state index contributed by atoms with van der Waals surface area (Å²) in [6, 6.07) is 9.43. The summed E-state index contributed by atoms with van der Waals surface area (Å²) in [5.74, 6) is 3.03. The molecule has 2 aromatic rings. The second-order valence-electron chi connectivity index (χ2n) is 4.65. The molecule has 7 heteroatoms. The van der Waals surface area contributed by atoms with Gasteiger partial charge in [-0.2, -0.15) is 17.0 Å². The van der Waals surface area contributed by atoms with E-state index in [4.69, 9.17) is 5.26 Å². The summed E-state index contributed by atoms with van der Waals surface area (Å²) in [7, 11) is 0. The second-order valence-corrected chi connectivity index (χ2v) is 7.97. The van der Waals surface area contributed by atoms with Crippen molar-refractivity contribution in [3.05, 3.63) is 35.2 Å². The van der Waals surface area contributed by atoms with E-state index in [0.717, 1.165) is 28.5 Å². The number of anilines is 1. The molecule has 22 heavy (non-hydrogen) atoms. The third-order valence-electron chi connectivity index (χ3n) is 3.13. The van der Waals surface area contributed by atoms with Crippen LogP contribution in [0.3, 0.4) is 0 Å². The molecule has 1 aromatic carbocycles. The van der Waals surface area contributed by atoms with Crippen LogP contribution >= 0.6 is 34.9 Å².